The third-order valence-electron chi connectivity index (χ3n) is 4.11. The minimum atomic E-state index is -0.587. The fraction of sp³-hybridized carbons (Fsp3) is 1.00. The number of aliphatic hydroxyl groups is 1. The van der Waals surface area contributed by atoms with Crippen LogP contribution in [0.15, 0.2) is 0 Å². The molecular weight excluding hydrogens is 200 g/mol. The van der Waals surface area contributed by atoms with Crippen LogP contribution in [0, 0.1) is 11.8 Å². The number of ether oxygens (including phenoxy) is 1. The quantitative estimate of drug-likeness (QED) is 0.731. The van der Waals surface area contributed by atoms with Crippen LogP contribution in [0.3, 0.4) is 0 Å². The number of fused-ring (bicyclic) bond motifs is 1. The lowest BCUT2D eigenvalue weighted by atomic mass is 9.74. The smallest absolute Gasteiger partial charge is 0.123 e. The summed E-state index contributed by atoms with van der Waals surface area (Å²) in [5, 5.41) is 11.0. The number of rotatable bonds is 5. The van der Waals surface area contributed by atoms with E-state index in [1.165, 1.54) is 6.42 Å². The molecule has 0 radical (unpaired) electrons. The molecule has 0 amide bonds. The van der Waals surface area contributed by atoms with Crippen LogP contribution in [0.2, 0.25) is 0 Å². The Morgan fingerprint density at radius 2 is 1.81 bits per heavy atom. The number of hydrogen-bond acceptors (Lipinski definition) is 2. The van der Waals surface area contributed by atoms with Crippen molar-refractivity contribution in [3.63, 3.8) is 0 Å². The fourth-order valence-electron chi connectivity index (χ4n) is 3.70. The van der Waals surface area contributed by atoms with Crippen molar-refractivity contribution in [2.75, 3.05) is 0 Å². The molecule has 2 fully saturated rings. The van der Waals surface area contributed by atoms with Crippen LogP contribution in [0.1, 0.15) is 59.8 Å². The zero-order chi connectivity index (χ0) is 12.0. The number of epoxide rings is 1. The van der Waals surface area contributed by atoms with E-state index in [9.17, 15) is 5.11 Å². The van der Waals surface area contributed by atoms with Gasteiger partial charge in [0.25, 0.3) is 0 Å². The van der Waals surface area contributed by atoms with Crippen molar-refractivity contribution in [2.45, 2.75) is 77.1 Å². The van der Waals surface area contributed by atoms with E-state index in [-0.39, 0.29) is 5.60 Å². The van der Waals surface area contributed by atoms with Crippen LogP contribution in [0.25, 0.3) is 0 Å². The molecule has 2 aliphatic rings. The third-order valence-corrected chi connectivity index (χ3v) is 4.11. The molecule has 1 N–H and O–H groups in total. The maximum absolute atomic E-state index is 11.0. The van der Waals surface area contributed by atoms with Gasteiger partial charge in [0.05, 0.1) is 11.7 Å². The molecule has 0 unspecified atom stereocenters. The van der Waals surface area contributed by atoms with Crippen LogP contribution >= 0.6 is 0 Å². The Morgan fingerprint density at radius 1 is 1.25 bits per heavy atom. The van der Waals surface area contributed by atoms with Crippen molar-refractivity contribution < 1.29 is 9.84 Å². The molecule has 1 saturated heterocycles. The summed E-state index contributed by atoms with van der Waals surface area (Å²) < 4.78 is 5.86. The predicted octanol–water partition coefficient (Wildman–Crippen LogP) is 3.13. The largest absolute Gasteiger partial charge is 0.387 e. The predicted molar refractivity (Wildman–Crippen MR) is 65.3 cm³/mol. The first-order valence-corrected chi connectivity index (χ1v) is 6.80. The van der Waals surface area contributed by atoms with E-state index in [0.717, 1.165) is 25.7 Å². The lowest BCUT2D eigenvalue weighted by Gasteiger charge is -2.36. The van der Waals surface area contributed by atoms with Gasteiger partial charge in [-0.3, -0.25) is 0 Å². The summed E-state index contributed by atoms with van der Waals surface area (Å²) in [7, 11) is 0. The minimum absolute atomic E-state index is 0.165. The molecule has 1 saturated carbocycles. The van der Waals surface area contributed by atoms with Crippen molar-refractivity contribution in [3.05, 3.63) is 0 Å². The second-order valence-electron chi connectivity index (χ2n) is 6.62. The summed E-state index contributed by atoms with van der Waals surface area (Å²) >= 11 is 0. The average molecular weight is 226 g/mol. The molecule has 1 aliphatic heterocycles. The molecule has 0 aromatic heterocycles. The van der Waals surface area contributed by atoms with E-state index in [4.69, 9.17) is 4.74 Å². The molecule has 0 aromatic carbocycles. The Kier molecular flexibility index (Phi) is 3.09. The van der Waals surface area contributed by atoms with Crippen molar-refractivity contribution >= 4 is 0 Å². The molecule has 2 nitrogen and oxygen atoms in total. The zero-order valence-electron chi connectivity index (χ0n) is 11.1. The van der Waals surface area contributed by atoms with E-state index >= 15 is 0 Å². The monoisotopic (exact) mass is 226 g/mol. The lowest BCUT2D eigenvalue weighted by molar-refractivity contribution is -0.0703. The average Bonchev–Trinajstić information content (AvgIpc) is 2.67. The van der Waals surface area contributed by atoms with Gasteiger partial charge in [-0.15, -0.1) is 0 Å². The maximum atomic E-state index is 11.0. The summed E-state index contributed by atoms with van der Waals surface area (Å²) in [6.07, 6.45) is 5.55. The molecule has 2 rings (SSSR count). The Labute approximate surface area is 99.4 Å². The van der Waals surface area contributed by atoms with Crippen LogP contribution in [0.4, 0.5) is 0 Å². The van der Waals surface area contributed by atoms with Crippen molar-refractivity contribution in [2.24, 2.45) is 11.8 Å². The Balaban J connectivity index is 2.14. The van der Waals surface area contributed by atoms with Crippen LogP contribution in [0.5, 0.6) is 0 Å². The van der Waals surface area contributed by atoms with Gasteiger partial charge in [-0.1, -0.05) is 27.7 Å². The molecule has 2 atom stereocenters. The van der Waals surface area contributed by atoms with Gasteiger partial charge in [-0.05, 0) is 43.9 Å². The molecule has 1 heterocycles. The third kappa shape index (κ3) is 1.91. The molecule has 16 heavy (non-hydrogen) atoms. The minimum Gasteiger partial charge on any atom is -0.387 e. The van der Waals surface area contributed by atoms with Gasteiger partial charge in [0.15, 0.2) is 0 Å². The Bertz CT molecular complexity index is 249. The van der Waals surface area contributed by atoms with Crippen LogP contribution in [-0.4, -0.2) is 22.4 Å². The highest BCUT2D eigenvalue weighted by molar-refractivity contribution is 5.18. The zero-order valence-corrected chi connectivity index (χ0v) is 11.1. The van der Waals surface area contributed by atoms with Crippen molar-refractivity contribution in [1.82, 2.24) is 0 Å². The first-order valence-electron chi connectivity index (χ1n) is 6.80. The van der Waals surface area contributed by atoms with Gasteiger partial charge in [-0.2, -0.15) is 0 Å². The van der Waals surface area contributed by atoms with Gasteiger partial charge in [0.2, 0.25) is 0 Å². The van der Waals surface area contributed by atoms with Crippen LogP contribution < -0.4 is 0 Å². The Morgan fingerprint density at radius 3 is 2.12 bits per heavy atom. The van der Waals surface area contributed by atoms with E-state index in [0.29, 0.717) is 17.9 Å². The topological polar surface area (TPSA) is 32.8 Å². The maximum Gasteiger partial charge on any atom is 0.123 e. The molecule has 0 aromatic rings. The van der Waals surface area contributed by atoms with Gasteiger partial charge >= 0.3 is 0 Å². The van der Waals surface area contributed by atoms with Gasteiger partial charge in [0.1, 0.15) is 5.60 Å². The highest BCUT2D eigenvalue weighted by atomic mass is 16.6. The van der Waals surface area contributed by atoms with E-state index in [1.807, 2.05) is 0 Å². The summed E-state index contributed by atoms with van der Waals surface area (Å²) in [5.74, 6) is 1.06. The standard InChI is InChI=1S/C14H26O2/c1-10(2)8-13(15,9-11(3)4)14-7-5-6-12(14)16-14/h10-12,15H,5-9H2,1-4H3/t12-,14+/m0/s1. The molecular formula is C14H26O2. The van der Waals surface area contributed by atoms with E-state index in [1.54, 1.807) is 0 Å². The van der Waals surface area contributed by atoms with Gasteiger partial charge < -0.3 is 9.84 Å². The molecule has 0 spiro atoms. The summed E-state index contributed by atoms with van der Waals surface area (Å²) in [6, 6.07) is 0. The SMILES string of the molecule is CC(C)CC(O)(CC(C)C)[C@@]12CCC[C@@H]1O2. The van der Waals surface area contributed by atoms with E-state index in [2.05, 4.69) is 27.7 Å². The second-order valence-corrected chi connectivity index (χ2v) is 6.62. The summed E-state index contributed by atoms with van der Waals surface area (Å²) in [6.45, 7) is 8.76. The summed E-state index contributed by atoms with van der Waals surface area (Å²) in [5.41, 5.74) is -0.752. The van der Waals surface area contributed by atoms with Gasteiger partial charge in [-0.25, -0.2) is 0 Å². The second kappa shape index (κ2) is 3.99. The molecule has 94 valence electrons. The molecule has 2 heteroatoms. The number of hydrogen-bond donors (Lipinski definition) is 1. The lowest BCUT2D eigenvalue weighted by Crippen LogP contribution is -2.47. The Hall–Kier alpha value is -0.0800. The fourth-order valence-corrected chi connectivity index (χ4v) is 3.70. The normalized spacial score (nSPS) is 33.6. The first kappa shape index (κ1) is 12.4. The molecule has 0 bridgehead atoms. The molecule has 1 aliphatic carbocycles. The summed E-state index contributed by atoms with van der Waals surface area (Å²) in [4.78, 5) is 0. The van der Waals surface area contributed by atoms with Crippen molar-refractivity contribution in [3.8, 4) is 0 Å². The highest BCUT2D eigenvalue weighted by Crippen LogP contribution is 2.59. The van der Waals surface area contributed by atoms with E-state index < -0.39 is 5.60 Å². The first-order chi connectivity index (χ1) is 7.40. The highest BCUT2D eigenvalue weighted by Gasteiger charge is 2.69. The van der Waals surface area contributed by atoms with Crippen LogP contribution in [-0.2, 0) is 4.74 Å². The van der Waals surface area contributed by atoms with Crippen molar-refractivity contribution in [1.29, 1.82) is 0 Å². The van der Waals surface area contributed by atoms with Gasteiger partial charge in [0, 0.05) is 0 Å².